The smallest absolute Gasteiger partial charge is 0.119 e. The van der Waals surface area contributed by atoms with Crippen molar-refractivity contribution in [2.75, 3.05) is 19.0 Å². The van der Waals surface area contributed by atoms with Gasteiger partial charge >= 0.3 is 0 Å². The van der Waals surface area contributed by atoms with Crippen LogP contribution in [0.3, 0.4) is 0 Å². The molecule has 94 valence electrons. The van der Waals surface area contributed by atoms with Crippen molar-refractivity contribution in [2.24, 2.45) is 0 Å². The van der Waals surface area contributed by atoms with Gasteiger partial charge in [-0.05, 0) is 43.5 Å². The Hall–Kier alpha value is -1.44. The molecule has 0 aliphatic carbocycles. The van der Waals surface area contributed by atoms with E-state index in [1.165, 1.54) is 19.3 Å². The van der Waals surface area contributed by atoms with Crippen LogP contribution in [0.5, 0.6) is 5.75 Å². The Morgan fingerprint density at radius 1 is 1.12 bits per heavy atom. The van der Waals surface area contributed by atoms with Crippen molar-refractivity contribution < 1.29 is 4.74 Å². The summed E-state index contributed by atoms with van der Waals surface area (Å²) in [5.74, 6) is 0.954. The maximum absolute atomic E-state index is 5.66. The molecule has 0 saturated carbocycles. The summed E-state index contributed by atoms with van der Waals surface area (Å²) in [6.45, 7) is 4.53. The lowest BCUT2D eigenvalue weighted by atomic mass is 10.1. The van der Waals surface area contributed by atoms with Crippen LogP contribution >= 0.6 is 0 Å². The fraction of sp³-hybridized carbons (Fsp3) is 0.467. The van der Waals surface area contributed by atoms with Crippen molar-refractivity contribution in [2.45, 2.75) is 32.1 Å². The highest BCUT2D eigenvalue weighted by Gasteiger charge is 1.94. The predicted molar refractivity (Wildman–Crippen MR) is 74.8 cm³/mol. The van der Waals surface area contributed by atoms with E-state index in [9.17, 15) is 0 Å². The number of allylic oxidation sites excluding steroid dienone is 1. The van der Waals surface area contributed by atoms with Gasteiger partial charge in [0.05, 0.1) is 6.61 Å². The highest BCUT2D eigenvalue weighted by atomic mass is 16.5. The van der Waals surface area contributed by atoms with Crippen molar-refractivity contribution in [3.63, 3.8) is 0 Å². The first-order chi connectivity index (χ1) is 8.36. The quantitative estimate of drug-likeness (QED) is 0.508. The largest absolute Gasteiger partial charge is 0.494 e. The number of unbranched alkanes of at least 4 members (excludes halogenated alkanes) is 4. The monoisotopic (exact) mass is 233 g/mol. The average molecular weight is 233 g/mol. The van der Waals surface area contributed by atoms with Gasteiger partial charge in [-0.2, -0.15) is 0 Å². The molecular weight excluding hydrogens is 210 g/mol. The third-order valence-corrected chi connectivity index (χ3v) is 2.71. The third kappa shape index (κ3) is 6.00. The van der Waals surface area contributed by atoms with Crippen molar-refractivity contribution in [3.8, 4) is 5.75 Å². The van der Waals surface area contributed by atoms with Crippen LogP contribution in [0.1, 0.15) is 32.1 Å². The molecule has 0 bridgehead atoms. The standard InChI is InChI=1S/C15H23NO/c1-3-4-5-6-7-8-13-17-15-11-9-14(16-2)10-12-15/h3,9-12,16H,1,4-8,13H2,2H3. The van der Waals surface area contributed by atoms with Crippen LogP contribution < -0.4 is 10.1 Å². The summed E-state index contributed by atoms with van der Waals surface area (Å²) in [6.07, 6.45) is 8.01. The molecule has 0 aliphatic rings. The minimum atomic E-state index is 0.812. The van der Waals surface area contributed by atoms with Gasteiger partial charge in [0, 0.05) is 12.7 Å². The summed E-state index contributed by atoms with van der Waals surface area (Å²) in [7, 11) is 1.92. The molecule has 0 saturated heterocycles. The Labute approximate surface area is 105 Å². The maximum Gasteiger partial charge on any atom is 0.119 e. The van der Waals surface area contributed by atoms with Crippen LogP contribution in [0.15, 0.2) is 36.9 Å². The number of benzene rings is 1. The van der Waals surface area contributed by atoms with E-state index in [-0.39, 0.29) is 0 Å². The molecule has 0 atom stereocenters. The molecule has 17 heavy (non-hydrogen) atoms. The van der Waals surface area contributed by atoms with E-state index in [0.717, 1.165) is 30.9 Å². The summed E-state index contributed by atoms with van der Waals surface area (Å²) in [6, 6.07) is 8.06. The van der Waals surface area contributed by atoms with E-state index < -0.39 is 0 Å². The third-order valence-electron chi connectivity index (χ3n) is 2.71. The van der Waals surface area contributed by atoms with E-state index in [4.69, 9.17) is 4.74 Å². The molecule has 2 heteroatoms. The molecule has 0 fully saturated rings. The van der Waals surface area contributed by atoms with Crippen molar-refractivity contribution in [3.05, 3.63) is 36.9 Å². The normalized spacial score (nSPS) is 9.94. The molecule has 2 nitrogen and oxygen atoms in total. The van der Waals surface area contributed by atoms with Gasteiger partial charge in [0.15, 0.2) is 0 Å². The number of rotatable bonds is 9. The fourth-order valence-electron chi connectivity index (χ4n) is 1.65. The van der Waals surface area contributed by atoms with E-state index in [1.807, 2.05) is 37.4 Å². The predicted octanol–water partition coefficient (Wildman–Crippen LogP) is 4.24. The molecule has 0 unspecified atom stereocenters. The number of hydrogen-bond acceptors (Lipinski definition) is 2. The number of anilines is 1. The Kier molecular flexibility index (Phi) is 6.96. The molecule has 0 heterocycles. The Balaban J connectivity index is 2.07. The average Bonchev–Trinajstić information content (AvgIpc) is 2.38. The Bertz CT molecular complexity index is 305. The van der Waals surface area contributed by atoms with E-state index >= 15 is 0 Å². The van der Waals surface area contributed by atoms with Crippen molar-refractivity contribution in [1.82, 2.24) is 0 Å². The van der Waals surface area contributed by atoms with Gasteiger partial charge < -0.3 is 10.1 Å². The molecular formula is C15H23NO. The Morgan fingerprint density at radius 2 is 1.82 bits per heavy atom. The van der Waals surface area contributed by atoms with Crippen LogP contribution in [0.4, 0.5) is 5.69 Å². The number of ether oxygens (including phenoxy) is 1. The Morgan fingerprint density at radius 3 is 2.47 bits per heavy atom. The molecule has 1 N–H and O–H groups in total. The first-order valence-electron chi connectivity index (χ1n) is 6.38. The van der Waals surface area contributed by atoms with Gasteiger partial charge in [-0.1, -0.05) is 18.9 Å². The number of nitrogens with one attached hydrogen (secondary N) is 1. The molecule has 0 spiro atoms. The summed E-state index contributed by atoms with van der Waals surface area (Å²) in [5, 5.41) is 3.09. The molecule has 1 aromatic carbocycles. The SMILES string of the molecule is C=CCCCCCCOc1ccc(NC)cc1. The summed E-state index contributed by atoms with van der Waals surface area (Å²) < 4.78 is 5.66. The fourth-order valence-corrected chi connectivity index (χ4v) is 1.65. The topological polar surface area (TPSA) is 21.3 Å². The summed E-state index contributed by atoms with van der Waals surface area (Å²) in [5.41, 5.74) is 1.11. The molecule has 0 aliphatic heterocycles. The second-order valence-corrected chi connectivity index (χ2v) is 4.11. The van der Waals surface area contributed by atoms with Crippen LogP contribution in [0.2, 0.25) is 0 Å². The minimum absolute atomic E-state index is 0.812. The molecule has 0 aromatic heterocycles. The van der Waals surface area contributed by atoms with Gasteiger partial charge in [-0.25, -0.2) is 0 Å². The first kappa shape index (κ1) is 13.6. The zero-order valence-corrected chi connectivity index (χ0v) is 10.7. The van der Waals surface area contributed by atoms with Gasteiger partial charge in [-0.15, -0.1) is 6.58 Å². The van der Waals surface area contributed by atoms with Crippen LogP contribution in [-0.2, 0) is 0 Å². The molecule has 1 aromatic rings. The van der Waals surface area contributed by atoms with E-state index in [0.29, 0.717) is 0 Å². The molecule has 0 radical (unpaired) electrons. The first-order valence-corrected chi connectivity index (χ1v) is 6.38. The van der Waals surface area contributed by atoms with Gasteiger partial charge in [-0.3, -0.25) is 0 Å². The zero-order chi connectivity index (χ0) is 12.3. The highest BCUT2D eigenvalue weighted by Crippen LogP contribution is 2.15. The van der Waals surface area contributed by atoms with Crippen molar-refractivity contribution >= 4 is 5.69 Å². The second kappa shape index (κ2) is 8.68. The van der Waals surface area contributed by atoms with Gasteiger partial charge in [0.1, 0.15) is 5.75 Å². The second-order valence-electron chi connectivity index (χ2n) is 4.11. The van der Waals surface area contributed by atoms with Crippen LogP contribution in [0.25, 0.3) is 0 Å². The lowest BCUT2D eigenvalue weighted by Gasteiger charge is -2.07. The summed E-state index contributed by atoms with van der Waals surface area (Å²) >= 11 is 0. The zero-order valence-electron chi connectivity index (χ0n) is 10.7. The van der Waals surface area contributed by atoms with Crippen molar-refractivity contribution in [1.29, 1.82) is 0 Å². The molecule has 1 rings (SSSR count). The minimum Gasteiger partial charge on any atom is -0.494 e. The lowest BCUT2D eigenvalue weighted by Crippen LogP contribution is -1.97. The number of hydrogen-bond donors (Lipinski definition) is 1. The van der Waals surface area contributed by atoms with E-state index in [1.54, 1.807) is 0 Å². The van der Waals surface area contributed by atoms with Crippen LogP contribution in [-0.4, -0.2) is 13.7 Å². The van der Waals surface area contributed by atoms with Gasteiger partial charge in [0.2, 0.25) is 0 Å². The van der Waals surface area contributed by atoms with Gasteiger partial charge in [0.25, 0.3) is 0 Å². The molecule has 0 amide bonds. The highest BCUT2D eigenvalue weighted by molar-refractivity contribution is 5.45. The lowest BCUT2D eigenvalue weighted by molar-refractivity contribution is 0.305. The van der Waals surface area contributed by atoms with E-state index in [2.05, 4.69) is 11.9 Å². The summed E-state index contributed by atoms with van der Waals surface area (Å²) in [4.78, 5) is 0. The van der Waals surface area contributed by atoms with Crippen LogP contribution in [0, 0.1) is 0 Å². The maximum atomic E-state index is 5.66.